The number of fused-ring (bicyclic) bond motifs is 1. The van der Waals surface area contributed by atoms with Gasteiger partial charge >= 0.3 is 0 Å². The van der Waals surface area contributed by atoms with Crippen LogP contribution < -0.4 is 10.6 Å². The number of aromatic nitrogens is 6. The summed E-state index contributed by atoms with van der Waals surface area (Å²) >= 11 is 0. The Morgan fingerprint density at radius 2 is 2.12 bits per heavy atom. The van der Waals surface area contributed by atoms with E-state index in [4.69, 9.17) is 4.74 Å². The highest BCUT2D eigenvalue weighted by Crippen LogP contribution is 2.33. The minimum absolute atomic E-state index is 0.233. The number of nitrogens with zero attached hydrogens (tertiary/aromatic N) is 6. The number of aryl methyl sites for hydroxylation is 1. The Balaban J connectivity index is 1.38. The van der Waals surface area contributed by atoms with E-state index < -0.39 is 0 Å². The van der Waals surface area contributed by atoms with Crippen molar-refractivity contribution in [1.29, 1.82) is 0 Å². The quantitative estimate of drug-likeness (QED) is 0.412. The third-order valence-corrected chi connectivity index (χ3v) is 5.45. The average molecular weight is 432 g/mol. The van der Waals surface area contributed by atoms with E-state index >= 15 is 0 Å². The van der Waals surface area contributed by atoms with Crippen LogP contribution in [0.25, 0.3) is 16.9 Å². The van der Waals surface area contributed by atoms with Crippen LogP contribution in [0.5, 0.6) is 0 Å². The molecule has 1 aliphatic rings. The summed E-state index contributed by atoms with van der Waals surface area (Å²) in [6.07, 6.45) is 5.58. The SMILES string of the molecule is COCCNc1ccn2ncc(C(=O)Nc3cc(-c4nnn(C5CC5)n4)ccc3C)c2c1. The number of pyridine rings is 1. The van der Waals surface area contributed by atoms with Crippen LogP contribution in [0.2, 0.25) is 0 Å². The molecule has 1 amide bonds. The Morgan fingerprint density at radius 1 is 1.25 bits per heavy atom. The number of carbonyl (C=O) groups excluding carboxylic acids is 1. The lowest BCUT2D eigenvalue weighted by atomic mass is 10.1. The van der Waals surface area contributed by atoms with Gasteiger partial charge in [0.05, 0.1) is 29.9 Å². The van der Waals surface area contributed by atoms with Crippen molar-refractivity contribution < 1.29 is 9.53 Å². The average Bonchev–Trinajstić information content (AvgIpc) is 3.37. The number of anilines is 2. The van der Waals surface area contributed by atoms with E-state index in [0.29, 0.717) is 41.8 Å². The molecular weight excluding hydrogens is 408 g/mol. The molecule has 10 heteroatoms. The highest BCUT2D eigenvalue weighted by Gasteiger charge is 2.26. The van der Waals surface area contributed by atoms with Crippen molar-refractivity contribution in [1.82, 2.24) is 29.8 Å². The van der Waals surface area contributed by atoms with Crippen molar-refractivity contribution in [3.8, 4) is 11.4 Å². The minimum atomic E-state index is -0.233. The zero-order valence-corrected chi connectivity index (χ0v) is 17.9. The Bertz CT molecular complexity index is 1270. The number of benzene rings is 1. The van der Waals surface area contributed by atoms with Crippen molar-refractivity contribution in [3.05, 3.63) is 53.9 Å². The molecule has 164 valence electrons. The summed E-state index contributed by atoms with van der Waals surface area (Å²) in [4.78, 5) is 14.8. The Labute approximate surface area is 184 Å². The molecule has 0 bridgehead atoms. The van der Waals surface area contributed by atoms with E-state index in [1.54, 1.807) is 22.6 Å². The lowest BCUT2D eigenvalue weighted by Crippen LogP contribution is -2.13. The first-order chi connectivity index (χ1) is 15.6. The summed E-state index contributed by atoms with van der Waals surface area (Å²) < 4.78 is 6.76. The maximum atomic E-state index is 13.1. The van der Waals surface area contributed by atoms with Gasteiger partial charge in [-0.25, -0.2) is 4.52 Å². The fourth-order valence-corrected chi connectivity index (χ4v) is 3.45. The number of ether oxygens (including phenoxy) is 1. The van der Waals surface area contributed by atoms with Crippen LogP contribution in [-0.4, -0.2) is 56.0 Å². The van der Waals surface area contributed by atoms with Gasteiger partial charge in [0.2, 0.25) is 5.82 Å². The van der Waals surface area contributed by atoms with E-state index in [0.717, 1.165) is 29.7 Å². The Morgan fingerprint density at radius 3 is 2.94 bits per heavy atom. The molecule has 1 aromatic carbocycles. The van der Waals surface area contributed by atoms with E-state index in [-0.39, 0.29) is 5.91 Å². The topological polar surface area (TPSA) is 111 Å². The first-order valence-electron chi connectivity index (χ1n) is 10.5. The molecule has 0 unspecified atom stereocenters. The second-order valence-corrected chi connectivity index (χ2v) is 7.87. The first-order valence-corrected chi connectivity index (χ1v) is 10.5. The number of methoxy groups -OCH3 is 1. The van der Waals surface area contributed by atoms with E-state index in [1.807, 2.05) is 43.5 Å². The Hall–Kier alpha value is -3.79. The molecule has 0 atom stereocenters. The normalized spacial score (nSPS) is 13.4. The van der Waals surface area contributed by atoms with Crippen molar-refractivity contribution in [2.45, 2.75) is 25.8 Å². The molecule has 3 aromatic heterocycles. The van der Waals surface area contributed by atoms with Gasteiger partial charge in [0.1, 0.15) is 0 Å². The number of nitrogens with one attached hydrogen (secondary N) is 2. The molecule has 1 aliphatic carbocycles. The number of tetrazole rings is 1. The third kappa shape index (κ3) is 4.04. The zero-order chi connectivity index (χ0) is 22.1. The van der Waals surface area contributed by atoms with Crippen molar-refractivity contribution in [3.63, 3.8) is 0 Å². The van der Waals surface area contributed by atoms with E-state index in [9.17, 15) is 4.79 Å². The third-order valence-electron chi connectivity index (χ3n) is 5.45. The summed E-state index contributed by atoms with van der Waals surface area (Å²) in [6, 6.07) is 9.94. The predicted octanol–water partition coefficient (Wildman–Crippen LogP) is 2.94. The summed E-state index contributed by atoms with van der Waals surface area (Å²) in [6.45, 7) is 3.21. The second kappa shape index (κ2) is 8.39. The monoisotopic (exact) mass is 432 g/mol. The molecular formula is C22H24N8O2. The molecule has 1 fully saturated rings. The van der Waals surface area contributed by atoms with Gasteiger partial charge in [0.15, 0.2) is 0 Å². The smallest absolute Gasteiger partial charge is 0.259 e. The van der Waals surface area contributed by atoms with Crippen LogP contribution in [0.3, 0.4) is 0 Å². The van der Waals surface area contributed by atoms with Gasteiger partial charge in [-0.1, -0.05) is 12.1 Å². The molecule has 0 radical (unpaired) electrons. The molecule has 10 nitrogen and oxygen atoms in total. The molecule has 4 aromatic rings. The Kier molecular flexibility index (Phi) is 5.28. The number of hydrogen-bond acceptors (Lipinski definition) is 7. The molecule has 5 rings (SSSR count). The van der Waals surface area contributed by atoms with Crippen LogP contribution in [-0.2, 0) is 4.74 Å². The summed E-state index contributed by atoms with van der Waals surface area (Å²) in [5, 5.41) is 23.4. The molecule has 32 heavy (non-hydrogen) atoms. The second-order valence-electron chi connectivity index (χ2n) is 7.87. The fourth-order valence-electron chi connectivity index (χ4n) is 3.45. The van der Waals surface area contributed by atoms with Crippen molar-refractivity contribution in [2.75, 3.05) is 30.9 Å². The minimum Gasteiger partial charge on any atom is -0.383 e. The molecule has 2 N–H and O–H groups in total. The fraction of sp³-hybridized carbons (Fsp3) is 0.318. The maximum absolute atomic E-state index is 13.1. The predicted molar refractivity (Wildman–Crippen MR) is 120 cm³/mol. The zero-order valence-electron chi connectivity index (χ0n) is 17.9. The highest BCUT2D eigenvalue weighted by atomic mass is 16.5. The van der Waals surface area contributed by atoms with E-state index in [1.165, 1.54) is 0 Å². The summed E-state index contributed by atoms with van der Waals surface area (Å²) in [7, 11) is 1.66. The molecule has 0 spiro atoms. The van der Waals surface area contributed by atoms with Crippen LogP contribution in [0.4, 0.5) is 11.4 Å². The molecule has 3 heterocycles. The standard InChI is InChI=1S/C22H24N8O2/c1-14-3-4-15(21-26-28-30(27-21)17-5-6-17)11-19(14)25-22(31)18-13-24-29-9-7-16(12-20(18)29)23-8-10-32-2/h3-4,7,9,11-13,17,23H,5-6,8,10H2,1-2H3,(H,25,31). The van der Waals surface area contributed by atoms with Gasteiger partial charge in [0, 0.05) is 36.8 Å². The summed E-state index contributed by atoms with van der Waals surface area (Å²) in [5.41, 5.74) is 4.55. The number of rotatable bonds is 8. The van der Waals surface area contributed by atoms with Gasteiger partial charge in [-0.05, 0) is 48.7 Å². The largest absolute Gasteiger partial charge is 0.383 e. The molecule has 0 aliphatic heterocycles. The van der Waals surface area contributed by atoms with Crippen molar-refractivity contribution in [2.24, 2.45) is 0 Å². The number of carbonyl (C=O) groups is 1. The van der Waals surface area contributed by atoms with Gasteiger partial charge in [0.25, 0.3) is 5.91 Å². The van der Waals surface area contributed by atoms with E-state index in [2.05, 4.69) is 31.1 Å². The van der Waals surface area contributed by atoms with Crippen molar-refractivity contribution >= 4 is 22.8 Å². The van der Waals surface area contributed by atoms with Crippen LogP contribution >= 0.6 is 0 Å². The van der Waals surface area contributed by atoms with Crippen LogP contribution in [0.15, 0.2) is 42.7 Å². The number of amides is 1. The number of hydrogen-bond donors (Lipinski definition) is 2. The lowest BCUT2D eigenvalue weighted by Gasteiger charge is -2.10. The van der Waals surface area contributed by atoms with Crippen LogP contribution in [0, 0.1) is 6.92 Å². The van der Waals surface area contributed by atoms with Gasteiger partial charge in [-0.15, -0.1) is 10.2 Å². The maximum Gasteiger partial charge on any atom is 0.259 e. The molecule has 1 saturated carbocycles. The van der Waals surface area contributed by atoms with Gasteiger partial charge in [-0.2, -0.15) is 9.90 Å². The molecule has 0 saturated heterocycles. The summed E-state index contributed by atoms with van der Waals surface area (Å²) in [5.74, 6) is 0.319. The first kappa shape index (κ1) is 20.1. The highest BCUT2D eigenvalue weighted by molar-refractivity contribution is 6.09. The van der Waals surface area contributed by atoms with Gasteiger partial charge in [-0.3, -0.25) is 4.79 Å². The lowest BCUT2D eigenvalue weighted by molar-refractivity contribution is 0.102. The van der Waals surface area contributed by atoms with Crippen LogP contribution in [0.1, 0.15) is 34.8 Å². The van der Waals surface area contributed by atoms with Gasteiger partial charge < -0.3 is 15.4 Å².